The number of aryl methyl sites for hydroxylation is 1. The van der Waals surface area contributed by atoms with Gasteiger partial charge in [0.25, 0.3) is 0 Å². The van der Waals surface area contributed by atoms with Gasteiger partial charge in [-0.15, -0.1) is 11.3 Å². The predicted octanol–water partition coefficient (Wildman–Crippen LogP) is 3.04. The molecule has 0 aliphatic rings. The fraction of sp³-hybridized carbons (Fsp3) is 0.231. The monoisotopic (exact) mass is 234 g/mol. The van der Waals surface area contributed by atoms with Crippen molar-refractivity contribution in [2.75, 3.05) is 0 Å². The highest BCUT2D eigenvalue weighted by Crippen LogP contribution is 2.26. The van der Waals surface area contributed by atoms with E-state index < -0.39 is 6.10 Å². The number of phenols is 1. The number of aromatic hydroxyl groups is 1. The number of hydrogen-bond acceptors (Lipinski definition) is 3. The van der Waals surface area contributed by atoms with Crippen molar-refractivity contribution in [1.82, 2.24) is 0 Å². The average molecular weight is 234 g/mol. The Morgan fingerprint density at radius 1 is 1.19 bits per heavy atom. The molecule has 0 spiro atoms. The van der Waals surface area contributed by atoms with Crippen molar-refractivity contribution < 1.29 is 10.2 Å². The van der Waals surface area contributed by atoms with Gasteiger partial charge in [-0.25, -0.2) is 0 Å². The van der Waals surface area contributed by atoms with Crippen LogP contribution in [-0.4, -0.2) is 10.2 Å². The van der Waals surface area contributed by atoms with E-state index in [0.717, 1.165) is 16.0 Å². The van der Waals surface area contributed by atoms with E-state index in [0.29, 0.717) is 6.42 Å². The van der Waals surface area contributed by atoms with E-state index in [1.807, 2.05) is 30.5 Å². The molecule has 2 N–H and O–H groups in total. The van der Waals surface area contributed by atoms with Crippen LogP contribution in [0.25, 0.3) is 0 Å². The lowest BCUT2D eigenvalue weighted by Crippen LogP contribution is -2.00. The van der Waals surface area contributed by atoms with Crippen molar-refractivity contribution >= 4 is 11.3 Å². The molecule has 0 aliphatic carbocycles. The van der Waals surface area contributed by atoms with E-state index in [2.05, 4.69) is 0 Å². The van der Waals surface area contributed by atoms with E-state index in [4.69, 9.17) is 5.11 Å². The third kappa shape index (κ3) is 2.43. The molecule has 1 aromatic heterocycles. The highest BCUT2D eigenvalue weighted by atomic mass is 32.1. The lowest BCUT2D eigenvalue weighted by molar-refractivity contribution is 0.181. The van der Waals surface area contributed by atoms with E-state index in [1.165, 1.54) is 0 Å². The number of thiophene rings is 1. The number of rotatable bonds is 3. The van der Waals surface area contributed by atoms with Crippen LogP contribution in [-0.2, 0) is 6.42 Å². The molecular weight excluding hydrogens is 220 g/mol. The first kappa shape index (κ1) is 11.2. The second-order valence-electron chi connectivity index (χ2n) is 3.85. The summed E-state index contributed by atoms with van der Waals surface area (Å²) in [4.78, 5) is 1.02. The molecule has 2 rings (SSSR count). The van der Waals surface area contributed by atoms with E-state index in [-0.39, 0.29) is 5.75 Å². The molecule has 3 heteroatoms. The van der Waals surface area contributed by atoms with Gasteiger partial charge in [0.05, 0.1) is 6.10 Å². The molecule has 0 aliphatic heterocycles. The van der Waals surface area contributed by atoms with Crippen LogP contribution >= 0.6 is 11.3 Å². The van der Waals surface area contributed by atoms with E-state index >= 15 is 0 Å². The number of aliphatic hydroxyl groups excluding tert-OH is 1. The van der Waals surface area contributed by atoms with Gasteiger partial charge in [0.2, 0.25) is 0 Å². The third-order valence-electron chi connectivity index (χ3n) is 2.57. The molecule has 0 saturated carbocycles. The summed E-state index contributed by atoms with van der Waals surface area (Å²) in [7, 11) is 0. The summed E-state index contributed by atoms with van der Waals surface area (Å²) in [6.07, 6.45) is 0.131. The molecule has 2 aromatic rings. The zero-order chi connectivity index (χ0) is 11.5. The van der Waals surface area contributed by atoms with Crippen molar-refractivity contribution in [3.8, 4) is 5.75 Å². The van der Waals surface area contributed by atoms with Gasteiger partial charge in [0.15, 0.2) is 0 Å². The minimum Gasteiger partial charge on any atom is -0.508 e. The lowest BCUT2D eigenvalue weighted by atomic mass is 10.1. The summed E-state index contributed by atoms with van der Waals surface area (Å²) < 4.78 is 0. The molecule has 84 valence electrons. The minimum atomic E-state index is -0.454. The normalized spacial score (nSPS) is 12.6. The fourth-order valence-electron chi connectivity index (χ4n) is 1.67. The molecule has 0 amide bonds. The molecule has 1 atom stereocenters. The maximum absolute atomic E-state index is 10.1. The van der Waals surface area contributed by atoms with E-state index in [9.17, 15) is 5.11 Å². The molecule has 2 nitrogen and oxygen atoms in total. The Morgan fingerprint density at radius 2 is 1.88 bits per heavy atom. The highest BCUT2D eigenvalue weighted by molar-refractivity contribution is 7.10. The SMILES string of the molecule is Cc1ccsc1C(O)Cc1ccc(O)cc1. The second kappa shape index (κ2) is 4.68. The number of benzene rings is 1. The summed E-state index contributed by atoms with van der Waals surface area (Å²) in [5.41, 5.74) is 2.16. The smallest absolute Gasteiger partial charge is 0.115 e. The molecule has 1 aromatic carbocycles. The van der Waals surface area contributed by atoms with Crippen LogP contribution in [0.5, 0.6) is 5.75 Å². The van der Waals surface area contributed by atoms with Gasteiger partial charge in [-0.1, -0.05) is 12.1 Å². The Kier molecular flexibility index (Phi) is 3.27. The summed E-state index contributed by atoms with van der Waals surface area (Å²) in [6.45, 7) is 2.01. The Labute approximate surface area is 98.8 Å². The van der Waals surface area contributed by atoms with Crippen LogP contribution < -0.4 is 0 Å². The standard InChI is InChI=1S/C13H14O2S/c1-9-6-7-16-13(9)12(15)8-10-2-4-11(14)5-3-10/h2-7,12,14-15H,8H2,1H3. The van der Waals surface area contributed by atoms with Crippen LogP contribution in [0.15, 0.2) is 35.7 Å². The zero-order valence-electron chi connectivity index (χ0n) is 9.05. The van der Waals surface area contributed by atoms with Gasteiger partial charge in [-0.2, -0.15) is 0 Å². The fourth-order valence-corrected chi connectivity index (χ4v) is 2.59. The molecule has 0 saturated heterocycles. The van der Waals surface area contributed by atoms with Crippen LogP contribution in [0.3, 0.4) is 0 Å². The molecule has 0 radical (unpaired) electrons. The zero-order valence-corrected chi connectivity index (χ0v) is 9.87. The van der Waals surface area contributed by atoms with Gasteiger partial charge in [-0.3, -0.25) is 0 Å². The van der Waals surface area contributed by atoms with Crippen molar-refractivity contribution in [2.24, 2.45) is 0 Å². The maximum Gasteiger partial charge on any atom is 0.115 e. The van der Waals surface area contributed by atoms with Gasteiger partial charge in [-0.05, 0) is 41.6 Å². The van der Waals surface area contributed by atoms with Crippen LogP contribution in [0.1, 0.15) is 22.1 Å². The van der Waals surface area contributed by atoms with Gasteiger partial charge < -0.3 is 10.2 Å². The molecule has 1 unspecified atom stereocenters. The Hall–Kier alpha value is -1.32. The first-order valence-corrected chi connectivity index (χ1v) is 6.05. The van der Waals surface area contributed by atoms with Crippen molar-refractivity contribution in [3.63, 3.8) is 0 Å². The average Bonchev–Trinajstić information content (AvgIpc) is 2.68. The second-order valence-corrected chi connectivity index (χ2v) is 4.80. The Balaban J connectivity index is 2.10. The van der Waals surface area contributed by atoms with Gasteiger partial charge in [0.1, 0.15) is 5.75 Å². The highest BCUT2D eigenvalue weighted by Gasteiger charge is 2.12. The van der Waals surface area contributed by atoms with Crippen molar-refractivity contribution in [3.05, 3.63) is 51.7 Å². The Bertz CT molecular complexity index is 459. The third-order valence-corrected chi connectivity index (χ3v) is 3.69. The quantitative estimate of drug-likeness (QED) is 0.857. The summed E-state index contributed by atoms with van der Waals surface area (Å²) in [6, 6.07) is 8.97. The predicted molar refractivity (Wildman–Crippen MR) is 65.8 cm³/mol. The maximum atomic E-state index is 10.1. The molecule has 16 heavy (non-hydrogen) atoms. The number of hydrogen-bond donors (Lipinski definition) is 2. The van der Waals surface area contributed by atoms with E-state index in [1.54, 1.807) is 23.5 Å². The van der Waals surface area contributed by atoms with Crippen LogP contribution in [0.2, 0.25) is 0 Å². The lowest BCUT2D eigenvalue weighted by Gasteiger charge is -2.10. The number of phenolic OH excluding ortho intramolecular Hbond substituents is 1. The molecule has 1 heterocycles. The largest absolute Gasteiger partial charge is 0.508 e. The topological polar surface area (TPSA) is 40.5 Å². The first-order valence-electron chi connectivity index (χ1n) is 5.17. The summed E-state index contributed by atoms with van der Waals surface area (Å²) in [5.74, 6) is 0.255. The molecule has 0 fully saturated rings. The Morgan fingerprint density at radius 3 is 2.44 bits per heavy atom. The van der Waals surface area contributed by atoms with Gasteiger partial charge >= 0.3 is 0 Å². The van der Waals surface area contributed by atoms with Crippen molar-refractivity contribution in [1.29, 1.82) is 0 Å². The first-order chi connectivity index (χ1) is 7.66. The number of aliphatic hydroxyl groups is 1. The summed E-state index contributed by atoms with van der Waals surface area (Å²) >= 11 is 1.58. The molecular formula is C13H14O2S. The molecule has 0 bridgehead atoms. The minimum absolute atomic E-state index is 0.255. The van der Waals surface area contributed by atoms with Gasteiger partial charge in [0, 0.05) is 11.3 Å². The summed E-state index contributed by atoms with van der Waals surface area (Å²) in [5, 5.41) is 21.2. The van der Waals surface area contributed by atoms with Crippen LogP contribution in [0.4, 0.5) is 0 Å². The van der Waals surface area contributed by atoms with Crippen LogP contribution in [0, 0.1) is 6.92 Å². The van der Waals surface area contributed by atoms with Crippen molar-refractivity contribution in [2.45, 2.75) is 19.4 Å².